The first-order valence-electron chi connectivity index (χ1n) is 7.91. The summed E-state index contributed by atoms with van der Waals surface area (Å²) in [5.74, 6) is 0.690. The van der Waals surface area contributed by atoms with E-state index in [-0.39, 0.29) is 6.61 Å². The number of hydrogen-bond donors (Lipinski definition) is 0. The second kappa shape index (κ2) is 7.02. The molecule has 1 aromatic heterocycles. The number of nitrogens with zero attached hydrogens (tertiary/aromatic N) is 5. The van der Waals surface area contributed by atoms with Gasteiger partial charge in [-0.1, -0.05) is 18.2 Å². The lowest BCUT2D eigenvalue weighted by Crippen LogP contribution is -2.23. The van der Waals surface area contributed by atoms with Crippen LogP contribution in [0.4, 0.5) is 5.82 Å². The van der Waals surface area contributed by atoms with Crippen LogP contribution in [-0.4, -0.2) is 34.9 Å². The molecule has 7 nitrogen and oxygen atoms in total. The molecule has 0 aliphatic carbocycles. The van der Waals surface area contributed by atoms with Crippen molar-refractivity contribution in [3.05, 3.63) is 59.4 Å². The summed E-state index contributed by atoms with van der Waals surface area (Å²) >= 11 is 0. The van der Waals surface area contributed by atoms with Gasteiger partial charge in [0.15, 0.2) is 5.82 Å². The predicted octanol–water partition coefficient (Wildman–Crippen LogP) is 1.38. The number of carbonyl (C=O) groups is 1. The molecule has 4 rings (SSSR count). The lowest BCUT2D eigenvalue weighted by Gasteiger charge is -2.05. The SMILES string of the molecule is O=C1/C=N/C=c2/cccc/c2=N\c2ncnc3ccc(cc23)OC/C=N/1. The van der Waals surface area contributed by atoms with E-state index in [1.54, 1.807) is 12.3 Å². The molecule has 2 bridgehead atoms. The number of para-hydroxylation sites is 1. The molecule has 126 valence electrons. The zero-order chi connectivity index (χ0) is 17.8. The maximum absolute atomic E-state index is 11.7. The number of hydrogen-bond acceptors (Lipinski definition) is 6. The van der Waals surface area contributed by atoms with Crippen LogP contribution in [0.1, 0.15) is 0 Å². The number of fused-ring (bicyclic) bond motifs is 2. The maximum atomic E-state index is 11.7. The van der Waals surface area contributed by atoms with Gasteiger partial charge in [0.2, 0.25) is 0 Å². The highest BCUT2D eigenvalue weighted by Crippen LogP contribution is 2.25. The average molecular weight is 343 g/mol. The van der Waals surface area contributed by atoms with Crippen molar-refractivity contribution in [1.82, 2.24) is 9.97 Å². The lowest BCUT2D eigenvalue weighted by molar-refractivity contribution is -0.111. The monoisotopic (exact) mass is 343 g/mol. The first-order valence-corrected chi connectivity index (χ1v) is 7.91. The van der Waals surface area contributed by atoms with Crippen molar-refractivity contribution in [3.8, 4) is 5.75 Å². The molecular formula is C19H13N5O2. The summed E-state index contributed by atoms with van der Waals surface area (Å²) in [5.41, 5.74) is 0.763. The largest absolute Gasteiger partial charge is 0.488 e. The number of rotatable bonds is 0. The predicted molar refractivity (Wildman–Crippen MR) is 98.4 cm³/mol. The highest BCUT2D eigenvalue weighted by molar-refractivity contribution is 6.28. The van der Waals surface area contributed by atoms with Crippen LogP contribution in [0, 0.1) is 0 Å². The highest BCUT2D eigenvalue weighted by Gasteiger charge is 2.05. The van der Waals surface area contributed by atoms with Gasteiger partial charge in [-0.25, -0.2) is 20.0 Å². The number of aromatic nitrogens is 2. The zero-order valence-corrected chi connectivity index (χ0v) is 13.6. The second-order valence-corrected chi connectivity index (χ2v) is 5.42. The molecule has 0 fully saturated rings. The van der Waals surface area contributed by atoms with Crippen molar-refractivity contribution in [2.24, 2.45) is 15.0 Å². The molecule has 7 heteroatoms. The van der Waals surface area contributed by atoms with Gasteiger partial charge in [0.25, 0.3) is 5.91 Å². The Morgan fingerprint density at radius 2 is 1.96 bits per heavy atom. The van der Waals surface area contributed by atoms with E-state index < -0.39 is 5.91 Å². The number of benzene rings is 2. The number of amides is 1. The Kier molecular flexibility index (Phi) is 4.26. The molecule has 0 saturated carbocycles. The third-order valence-corrected chi connectivity index (χ3v) is 3.69. The fourth-order valence-corrected chi connectivity index (χ4v) is 2.49. The third kappa shape index (κ3) is 3.36. The van der Waals surface area contributed by atoms with Crippen molar-refractivity contribution >= 4 is 41.3 Å². The second-order valence-electron chi connectivity index (χ2n) is 5.42. The molecular weight excluding hydrogens is 330 g/mol. The topological polar surface area (TPSA) is 89.2 Å². The normalized spacial score (nSPS) is 19.0. The molecule has 1 aliphatic rings. The summed E-state index contributed by atoms with van der Waals surface area (Å²) in [6.07, 6.45) is 5.59. The van der Waals surface area contributed by atoms with Crippen LogP contribution in [0.15, 0.2) is 63.8 Å². The molecule has 0 spiro atoms. The molecule has 2 aromatic carbocycles. The van der Waals surface area contributed by atoms with Gasteiger partial charge >= 0.3 is 0 Å². The number of carbonyl (C=O) groups excluding carboxylic acids is 1. The molecule has 0 saturated heterocycles. The van der Waals surface area contributed by atoms with Gasteiger partial charge in [0, 0.05) is 23.0 Å². The molecule has 1 amide bonds. The van der Waals surface area contributed by atoms with Crippen LogP contribution in [0.3, 0.4) is 0 Å². The Labute approximate surface area is 148 Å². The van der Waals surface area contributed by atoms with Gasteiger partial charge in [0.1, 0.15) is 18.7 Å². The van der Waals surface area contributed by atoms with E-state index in [9.17, 15) is 4.79 Å². The Morgan fingerprint density at radius 3 is 2.92 bits per heavy atom. The van der Waals surface area contributed by atoms with Crippen molar-refractivity contribution in [1.29, 1.82) is 0 Å². The Morgan fingerprint density at radius 1 is 1.04 bits per heavy atom. The summed E-state index contributed by atoms with van der Waals surface area (Å²) in [6, 6.07) is 12.9. The molecule has 3 aromatic rings. The van der Waals surface area contributed by atoms with Gasteiger partial charge in [-0.2, -0.15) is 0 Å². The first kappa shape index (κ1) is 15.8. The smallest absolute Gasteiger partial charge is 0.287 e. The minimum absolute atomic E-state index is 0.162. The number of aliphatic imine (C=N–C) groups is 2. The van der Waals surface area contributed by atoms with Gasteiger partial charge in [0.05, 0.1) is 17.1 Å². The fourth-order valence-electron chi connectivity index (χ4n) is 2.49. The molecule has 0 atom stereocenters. The van der Waals surface area contributed by atoms with E-state index in [1.165, 1.54) is 12.5 Å². The minimum Gasteiger partial charge on any atom is -0.488 e. The Balaban J connectivity index is 1.99. The van der Waals surface area contributed by atoms with Crippen LogP contribution in [0.25, 0.3) is 17.1 Å². The molecule has 0 radical (unpaired) electrons. The summed E-state index contributed by atoms with van der Waals surface area (Å²) in [5, 5.41) is 2.21. The average Bonchev–Trinajstić information content (AvgIpc) is 2.67. The van der Waals surface area contributed by atoms with Gasteiger partial charge in [-0.05, 0) is 24.3 Å². The van der Waals surface area contributed by atoms with Gasteiger partial charge in [-0.3, -0.25) is 9.79 Å². The van der Waals surface area contributed by atoms with E-state index in [4.69, 9.17) is 4.74 Å². The third-order valence-electron chi connectivity index (χ3n) is 3.69. The van der Waals surface area contributed by atoms with Crippen LogP contribution in [0.5, 0.6) is 5.75 Å². The molecule has 2 heterocycles. The minimum atomic E-state index is -0.459. The summed E-state index contributed by atoms with van der Waals surface area (Å²) < 4.78 is 5.61. The molecule has 0 N–H and O–H groups in total. The molecule has 0 unspecified atom stereocenters. The van der Waals surface area contributed by atoms with Gasteiger partial charge < -0.3 is 4.74 Å². The zero-order valence-electron chi connectivity index (χ0n) is 13.6. The van der Waals surface area contributed by atoms with Crippen molar-refractivity contribution in [3.63, 3.8) is 0 Å². The maximum Gasteiger partial charge on any atom is 0.287 e. The van der Waals surface area contributed by atoms with Crippen LogP contribution in [0.2, 0.25) is 0 Å². The lowest BCUT2D eigenvalue weighted by atomic mass is 10.2. The first-order chi connectivity index (χ1) is 12.8. The van der Waals surface area contributed by atoms with E-state index >= 15 is 0 Å². The number of ether oxygens (including phenoxy) is 1. The summed E-state index contributed by atoms with van der Waals surface area (Å²) in [6.45, 7) is 0.162. The van der Waals surface area contributed by atoms with Crippen molar-refractivity contribution in [2.75, 3.05) is 6.61 Å². The molecule has 1 aliphatic heterocycles. The van der Waals surface area contributed by atoms with Crippen LogP contribution in [-0.2, 0) is 4.79 Å². The fraction of sp³-hybridized carbons (Fsp3) is 0.0526. The van der Waals surface area contributed by atoms with E-state index in [0.29, 0.717) is 16.9 Å². The Bertz CT molecular complexity index is 1170. The highest BCUT2D eigenvalue weighted by atomic mass is 16.5. The van der Waals surface area contributed by atoms with Gasteiger partial charge in [-0.15, -0.1) is 0 Å². The summed E-state index contributed by atoms with van der Waals surface area (Å²) in [7, 11) is 0. The van der Waals surface area contributed by atoms with E-state index in [2.05, 4.69) is 24.9 Å². The van der Waals surface area contributed by atoms with Crippen LogP contribution < -0.4 is 15.3 Å². The standard InChI is InChI=1S/C19H13N5O2/c25-18-11-20-10-13-3-1-2-4-16(13)24-19-15-9-14(26-8-7-21-18)5-6-17(15)22-12-23-19/h1-7,9-12H,8H2/b13-10-,20-11+,21-7+,24-16+. The summed E-state index contributed by atoms with van der Waals surface area (Å²) in [4.78, 5) is 32.7. The Hall–Kier alpha value is -3.74. The van der Waals surface area contributed by atoms with Crippen LogP contribution >= 0.6 is 0 Å². The quantitative estimate of drug-likeness (QED) is 0.617. The van der Waals surface area contributed by atoms with Crippen molar-refractivity contribution in [2.45, 2.75) is 0 Å². The molecule has 26 heavy (non-hydrogen) atoms. The van der Waals surface area contributed by atoms with E-state index in [1.807, 2.05) is 36.4 Å². The van der Waals surface area contributed by atoms with Crippen molar-refractivity contribution < 1.29 is 9.53 Å². The van der Waals surface area contributed by atoms with E-state index in [0.717, 1.165) is 22.3 Å².